The summed E-state index contributed by atoms with van der Waals surface area (Å²) in [6.07, 6.45) is 40.3. The molecule has 2 heteroatoms. The molecule has 0 spiro atoms. The molecule has 0 aliphatic rings. The summed E-state index contributed by atoms with van der Waals surface area (Å²) in [7, 11) is 0. The Morgan fingerprint density at radius 3 is 1.26 bits per heavy atom. The van der Waals surface area contributed by atoms with Crippen LogP contribution in [0, 0.1) is 0 Å². The molecule has 1 rings (SSSR count). The van der Waals surface area contributed by atoms with Gasteiger partial charge in [-0.15, -0.1) is 0 Å². The lowest BCUT2D eigenvalue weighted by Crippen LogP contribution is -2.36. The van der Waals surface area contributed by atoms with Crippen LogP contribution in [0.5, 0.6) is 0 Å². The molecule has 0 saturated carbocycles. The molecule has 1 heterocycles. The molecule has 0 aromatic carbocycles. The van der Waals surface area contributed by atoms with E-state index < -0.39 is 0 Å². The van der Waals surface area contributed by atoms with Gasteiger partial charge in [-0.1, -0.05) is 149 Å². The van der Waals surface area contributed by atoms with Gasteiger partial charge in [0.25, 0.3) is 5.82 Å². The van der Waals surface area contributed by atoms with Crippen molar-refractivity contribution in [2.24, 2.45) is 0 Å². The molecule has 0 bridgehead atoms. The predicted octanol–water partition coefficient (Wildman–Crippen LogP) is 10.7. The highest BCUT2D eigenvalue weighted by Crippen LogP contribution is 2.15. The Kier molecular flexibility index (Phi) is 22.9. The van der Waals surface area contributed by atoms with Gasteiger partial charge in [-0.25, -0.2) is 9.13 Å². The zero-order valence-electron chi connectivity index (χ0n) is 24.6. The first kappa shape index (κ1) is 32.2. The number of unbranched alkanes of at least 4 members (excludes halogenated alkanes) is 22. The van der Waals surface area contributed by atoms with Crippen molar-refractivity contribution in [3.8, 4) is 0 Å². The lowest BCUT2D eigenvalue weighted by Gasteiger charge is -2.06. The van der Waals surface area contributed by atoms with Gasteiger partial charge in [0.15, 0.2) is 0 Å². The minimum Gasteiger partial charge on any atom is -0.235 e. The standard InChI is InChI=1S/C33H65N2/c1-4-7-9-11-13-15-16-17-18-19-20-22-24-26-28-30-35-32-31-34(6-3)33(35)29-27-25-23-21-14-12-10-8-5-2/h31-32H,4-30H2,1-3H3/q+1. The summed E-state index contributed by atoms with van der Waals surface area (Å²) in [4.78, 5) is 0. The first-order valence-corrected chi connectivity index (χ1v) is 16.4. The van der Waals surface area contributed by atoms with E-state index in [4.69, 9.17) is 0 Å². The summed E-state index contributed by atoms with van der Waals surface area (Å²) in [5.74, 6) is 1.57. The Balaban J connectivity index is 2.01. The van der Waals surface area contributed by atoms with Crippen molar-refractivity contribution in [1.82, 2.24) is 4.57 Å². The molecular weight excluding hydrogens is 424 g/mol. The van der Waals surface area contributed by atoms with E-state index in [-0.39, 0.29) is 0 Å². The van der Waals surface area contributed by atoms with Crippen LogP contribution >= 0.6 is 0 Å². The Morgan fingerprint density at radius 2 is 0.857 bits per heavy atom. The molecule has 1 aromatic rings. The van der Waals surface area contributed by atoms with Crippen molar-refractivity contribution >= 4 is 0 Å². The third kappa shape index (κ3) is 18.2. The van der Waals surface area contributed by atoms with Gasteiger partial charge in [-0.3, -0.25) is 0 Å². The lowest BCUT2D eigenvalue weighted by molar-refractivity contribution is -0.700. The normalized spacial score (nSPS) is 11.5. The van der Waals surface area contributed by atoms with Gasteiger partial charge in [-0.2, -0.15) is 0 Å². The van der Waals surface area contributed by atoms with Gasteiger partial charge in [0.2, 0.25) is 0 Å². The monoisotopic (exact) mass is 490 g/mol. The number of rotatable bonds is 27. The lowest BCUT2D eigenvalue weighted by atomic mass is 10.0. The van der Waals surface area contributed by atoms with Crippen LogP contribution in [0.15, 0.2) is 12.4 Å². The Labute approximate surface area is 221 Å². The number of nitrogens with zero attached hydrogens (tertiary/aromatic N) is 2. The van der Waals surface area contributed by atoms with Crippen LogP contribution in [-0.2, 0) is 19.5 Å². The average Bonchev–Trinajstić information content (AvgIpc) is 3.27. The van der Waals surface area contributed by atoms with E-state index in [1.165, 1.54) is 167 Å². The van der Waals surface area contributed by atoms with E-state index in [0.29, 0.717) is 0 Å². The van der Waals surface area contributed by atoms with Crippen LogP contribution in [0.3, 0.4) is 0 Å². The molecule has 1 aromatic heterocycles. The molecule has 0 atom stereocenters. The van der Waals surface area contributed by atoms with Crippen LogP contribution in [0.25, 0.3) is 0 Å². The molecule has 0 N–H and O–H groups in total. The van der Waals surface area contributed by atoms with E-state index in [9.17, 15) is 0 Å². The summed E-state index contributed by atoms with van der Waals surface area (Å²) < 4.78 is 5.05. The SMILES string of the molecule is CCCCCCCCCCCCCCCCCn1cc[n+](CC)c1CCCCCCCCCCC. The molecule has 0 amide bonds. The smallest absolute Gasteiger partial charge is 0.235 e. The maximum atomic E-state index is 2.57. The second-order valence-electron chi connectivity index (χ2n) is 11.2. The molecule has 0 unspecified atom stereocenters. The van der Waals surface area contributed by atoms with Gasteiger partial charge >= 0.3 is 0 Å². The van der Waals surface area contributed by atoms with Crippen LogP contribution in [-0.4, -0.2) is 4.57 Å². The van der Waals surface area contributed by atoms with Crippen molar-refractivity contribution in [2.75, 3.05) is 0 Å². The summed E-state index contributed by atoms with van der Waals surface area (Å²) in [5.41, 5.74) is 0. The largest absolute Gasteiger partial charge is 0.256 e. The maximum absolute atomic E-state index is 2.57. The van der Waals surface area contributed by atoms with Gasteiger partial charge in [0.1, 0.15) is 12.4 Å². The number of imidazole rings is 1. The summed E-state index contributed by atoms with van der Waals surface area (Å²) in [5, 5.41) is 0. The maximum Gasteiger partial charge on any atom is 0.256 e. The Bertz CT molecular complexity index is 547. The van der Waals surface area contributed by atoms with E-state index in [1.807, 2.05) is 0 Å². The number of hydrogen-bond acceptors (Lipinski definition) is 0. The van der Waals surface area contributed by atoms with Crippen molar-refractivity contribution in [1.29, 1.82) is 0 Å². The topological polar surface area (TPSA) is 8.81 Å². The molecule has 0 aliphatic carbocycles. The molecule has 0 aliphatic heterocycles. The number of hydrogen-bond donors (Lipinski definition) is 0. The molecule has 35 heavy (non-hydrogen) atoms. The van der Waals surface area contributed by atoms with Gasteiger partial charge in [0, 0.05) is 6.42 Å². The fraction of sp³-hybridized carbons (Fsp3) is 0.909. The fourth-order valence-electron chi connectivity index (χ4n) is 5.52. The third-order valence-corrected chi connectivity index (χ3v) is 7.94. The van der Waals surface area contributed by atoms with E-state index in [1.54, 1.807) is 5.82 Å². The van der Waals surface area contributed by atoms with Crippen LogP contribution < -0.4 is 4.57 Å². The minimum atomic E-state index is 1.11. The van der Waals surface area contributed by atoms with Crippen molar-refractivity contribution in [3.63, 3.8) is 0 Å². The van der Waals surface area contributed by atoms with Gasteiger partial charge in [-0.05, 0) is 26.2 Å². The molecule has 0 fully saturated rings. The number of aromatic nitrogens is 2. The van der Waals surface area contributed by atoms with Crippen molar-refractivity contribution in [3.05, 3.63) is 18.2 Å². The summed E-state index contributed by atoms with van der Waals surface area (Å²) in [6, 6.07) is 0. The van der Waals surface area contributed by atoms with Gasteiger partial charge < -0.3 is 0 Å². The molecule has 0 saturated heterocycles. The fourth-order valence-corrected chi connectivity index (χ4v) is 5.52. The molecule has 206 valence electrons. The number of aryl methyl sites for hydroxylation is 2. The predicted molar refractivity (Wildman–Crippen MR) is 156 cm³/mol. The quantitative estimate of drug-likeness (QED) is 0.0858. The highest BCUT2D eigenvalue weighted by Gasteiger charge is 2.15. The molecule has 2 nitrogen and oxygen atoms in total. The zero-order valence-corrected chi connectivity index (χ0v) is 24.6. The summed E-state index contributed by atoms with van der Waals surface area (Å²) in [6.45, 7) is 9.23. The van der Waals surface area contributed by atoms with Crippen LogP contribution in [0.2, 0.25) is 0 Å². The molecule has 0 radical (unpaired) electrons. The second kappa shape index (κ2) is 24.9. The highest BCUT2D eigenvalue weighted by molar-refractivity contribution is 4.84. The first-order valence-electron chi connectivity index (χ1n) is 16.4. The van der Waals surface area contributed by atoms with Crippen molar-refractivity contribution in [2.45, 2.75) is 194 Å². The highest BCUT2D eigenvalue weighted by atomic mass is 15.1. The molecular formula is C33H65N2+. The average molecular weight is 490 g/mol. The van der Waals surface area contributed by atoms with Gasteiger partial charge in [0.05, 0.1) is 13.1 Å². The Hall–Kier alpha value is -0.790. The Morgan fingerprint density at radius 1 is 0.486 bits per heavy atom. The first-order chi connectivity index (χ1) is 17.3. The third-order valence-electron chi connectivity index (χ3n) is 7.94. The minimum absolute atomic E-state index is 1.11. The van der Waals surface area contributed by atoms with E-state index >= 15 is 0 Å². The van der Waals surface area contributed by atoms with Crippen LogP contribution in [0.4, 0.5) is 0 Å². The van der Waals surface area contributed by atoms with Crippen LogP contribution in [0.1, 0.15) is 181 Å². The zero-order chi connectivity index (χ0) is 25.2. The second-order valence-corrected chi connectivity index (χ2v) is 11.2. The van der Waals surface area contributed by atoms with E-state index in [2.05, 4.69) is 42.3 Å². The van der Waals surface area contributed by atoms with Crippen molar-refractivity contribution < 1.29 is 4.57 Å². The summed E-state index contributed by atoms with van der Waals surface area (Å²) >= 11 is 0. The van der Waals surface area contributed by atoms with E-state index in [0.717, 1.165) is 6.54 Å².